The number of nitrogens with zero attached hydrogens (tertiary/aromatic N) is 4. The maximum Gasteiger partial charge on any atom is 0.265 e. The molecule has 0 saturated carbocycles. The number of fused-ring (bicyclic) bond motifs is 2. The van der Waals surface area contributed by atoms with Gasteiger partial charge >= 0.3 is 0 Å². The number of carbonyl (C=O) groups is 1. The van der Waals surface area contributed by atoms with E-state index in [2.05, 4.69) is 15.4 Å². The second kappa shape index (κ2) is 8.43. The van der Waals surface area contributed by atoms with E-state index in [1.807, 2.05) is 31.2 Å². The summed E-state index contributed by atoms with van der Waals surface area (Å²) in [7, 11) is 0. The topological polar surface area (TPSA) is 81.8 Å². The van der Waals surface area contributed by atoms with Crippen molar-refractivity contribution >= 4 is 28.7 Å². The van der Waals surface area contributed by atoms with E-state index in [1.165, 1.54) is 28.6 Å². The summed E-state index contributed by atoms with van der Waals surface area (Å²) in [6.45, 7) is 1.71. The Morgan fingerprint density at radius 1 is 1.21 bits per heavy atom. The van der Waals surface area contributed by atoms with Gasteiger partial charge in [-0.3, -0.25) is 14.2 Å². The van der Waals surface area contributed by atoms with Gasteiger partial charge in [-0.05, 0) is 36.8 Å². The zero-order chi connectivity index (χ0) is 23.1. The summed E-state index contributed by atoms with van der Waals surface area (Å²) in [5.41, 5.74) is 1.86. The molecule has 5 rings (SSSR count). The second-order valence-electron chi connectivity index (χ2n) is 7.85. The lowest BCUT2D eigenvalue weighted by Gasteiger charge is -2.14. The van der Waals surface area contributed by atoms with Gasteiger partial charge in [-0.25, -0.2) is 18.4 Å². The molecule has 7 nitrogen and oxygen atoms in total. The minimum Gasteiger partial charge on any atom is -0.352 e. The number of aromatic nitrogens is 4. The van der Waals surface area contributed by atoms with Gasteiger partial charge in [0.15, 0.2) is 10.8 Å². The smallest absolute Gasteiger partial charge is 0.265 e. The van der Waals surface area contributed by atoms with Crippen molar-refractivity contribution in [3.8, 4) is 5.69 Å². The third kappa shape index (κ3) is 3.91. The van der Waals surface area contributed by atoms with Crippen LogP contribution < -0.4 is 10.9 Å². The van der Waals surface area contributed by atoms with Gasteiger partial charge in [0, 0.05) is 24.3 Å². The van der Waals surface area contributed by atoms with E-state index in [1.54, 1.807) is 4.68 Å². The number of amides is 1. The molecular formula is C23H19F2N5O2S. The number of nitrogens with one attached hydrogen (secondary N) is 1. The van der Waals surface area contributed by atoms with Crippen molar-refractivity contribution in [2.24, 2.45) is 0 Å². The molecule has 3 heterocycles. The molecule has 1 unspecified atom stereocenters. The van der Waals surface area contributed by atoms with Gasteiger partial charge in [0.1, 0.15) is 17.0 Å². The third-order valence-corrected chi connectivity index (χ3v) is 6.66. The first-order chi connectivity index (χ1) is 15.9. The number of hydrogen-bond donors (Lipinski definition) is 1. The molecule has 0 radical (unpaired) electrons. The highest BCUT2D eigenvalue weighted by Crippen LogP contribution is 2.33. The Kier molecular flexibility index (Phi) is 5.45. The van der Waals surface area contributed by atoms with Crippen molar-refractivity contribution in [1.29, 1.82) is 0 Å². The van der Waals surface area contributed by atoms with Gasteiger partial charge in [0.25, 0.3) is 5.56 Å². The zero-order valence-corrected chi connectivity index (χ0v) is 18.4. The maximum absolute atomic E-state index is 13.8. The van der Waals surface area contributed by atoms with E-state index < -0.39 is 23.6 Å². The molecule has 1 aliphatic rings. The molecule has 0 bridgehead atoms. The van der Waals surface area contributed by atoms with Crippen molar-refractivity contribution in [3.05, 3.63) is 81.8 Å². The minimum absolute atomic E-state index is 0.00478. The van der Waals surface area contributed by atoms with E-state index in [0.717, 1.165) is 23.4 Å². The predicted octanol–water partition coefficient (Wildman–Crippen LogP) is 3.52. The lowest BCUT2D eigenvalue weighted by Crippen LogP contribution is -2.31. The molecule has 2 aromatic heterocycles. The van der Waals surface area contributed by atoms with Crippen molar-refractivity contribution in [2.45, 2.75) is 31.1 Å². The van der Waals surface area contributed by atoms with Crippen LogP contribution in [0.1, 0.15) is 23.6 Å². The molecule has 1 N–H and O–H groups in total. The number of hydrogen-bond acceptors (Lipinski definition) is 5. The Morgan fingerprint density at radius 2 is 1.97 bits per heavy atom. The first-order valence-electron chi connectivity index (χ1n) is 10.3. The van der Waals surface area contributed by atoms with Crippen LogP contribution in [0.3, 0.4) is 0 Å². The second-order valence-corrected chi connectivity index (χ2v) is 8.84. The molecule has 4 aromatic rings. The first kappa shape index (κ1) is 21.3. The monoisotopic (exact) mass is 467 g/mol. The van der Waals surface area contributed by atoms with Gasteiger partial charge in [0.2, 0.25) is 5.91 Å². The van der Waals surface area contributed by atoms with Gasteiger partial charge in [-0.15, -0.1) is 0 Å². The highest BCUT2D eigenvalue weighted by atomic mass is 32.2. The highest BCUT2D eigenvalue weighted by Gasteiger charge is 2.29. The Hall–Kier alpha value is -3.53. The molecule has 0 saturated heterocycles. The maximum atomic E-state index is 13.8. The molecule has 1 amide bonds. The van der Waals surface area contributed by atoms with Crippen molar-refractivity contribution in [1.82, 2.24) is 24.6 Å². The van der Waals surface area contributed by atoms with Crippen LogP contribution in [-0.4, -0.2) is 31.0 Å². The lowest BCUT2D eigenvalue weighted by molar-refractivity contribution is -0.121. The van der Waals surface area contributed by atoms with Crippen molar-refractivity contribution in [2.75, 3.05) is 5.75 Å². The Bertz CT molecular complexity index is 1430. The molecule has 0 spiro atoms. The van der Waals surface area contributed by atoms with Crippen LogP contribution in [-0.2, 0) is 11.3 Å². The fourth-order valence-electron chi connectivity index (χ4n) is 3.90. The van der Waals surface area contributed by atoms with E-state index >= 15 is 0 Å². The largest absolute Gasteiger partial charge is 0.352 e. The molecule has 0 fully saturated rings. The van der Waals surface area contributed by atoms with Gasteiger partial charge in [-0.1, -0.05) is 30.0 Å². The molecule has 10 heteroatoms. The molecule has 33 heavy (non-hydrogen) atoms. The quantitative estimate of drug-likeness (QED) is 0.454. The molecular weight excluding hydrogens is 448 g/mol. The molecule has 2 aromatic carbocycles. The number of thioether (sulfide) groups is 1. The van der Waals surface area contributed by atoms with Crippen molar-refractivity contribution < 1.29 is 13.6 Å². The van der Waals surface area contributed by atoms with E-state index in [9.17, 15) is 18.4 Å². The summed E-state index contributed by atoms with van der Waals surface area (Å²) in [5.74, 6) is -1.34. The van der Waals surface area contributed by atoms with Gasteiger partial charge in [0.05, 0.1) is 17.9 Å². The summed E-state index contributed by atoms with van der Waals surface area (Å²) in [6, 6.07) is 10.9. The third-order valence-electron chi connectivity index (χ3n) is 5.56. The SMILES string of the molecule is Cc1cccc(-n2ncc3c(=O)n4c(nc32)SCC4CC(=O)NCc2c(F)cccc2F)c1. The first-order valence-corrected chi connectivity index (χ1v) is 11.3. The summed E-state index contributed by atoms with van der Waals surface area (Å²) in [6.07, 6.45) is 1.48. The van der Waals surface area contributed by atoms with E-state index in [-0.39, 0.29) is 24.1 Å². The highest BCUT2D eigenvalue weighted by molar-refractivity contribution is 7.99. The Balaban J connectivity index is 1.39. The normalized spacial score (nSPS) is 15.1. The van der Waals surface area contributed by atoms with Crippen LogP contribution >= 0.6 is 11.8 Å². The lowest BCUT2D eigenvalue weighted by atomic mass is 10.1. The van der Waals surface area contributed by atoms with E-state index in [4.69, 9.17) is 0 Å². The van der Waals surface area contributed by atoms with Gasteiger partial charge in [-0.2, -0.15) is 5.10 Å². The van der Waals surface area contributed by atoms with Crippen LogP contribution in [0.4, 0.5) is 8.78 Å². The summed E-state index contributed by atoms with van der Waals surface area (Å²) < 4.78 is 30.7. The summed E-state index contributed by atoms with van der Waals surface area (Å²) in [4.78, 5) is 30.4. The van der Waals surface area contributed by atoms with Crippen LogP contribution in [0.2, 0.25) is 0 Å². The number of halogens is 2. The predicted molar refractivity (Wildman–Crippen MR) is 120 cm³/mol. The van der Waals surface area contributed by atoms with Crippen molar-refractivity contribution in [3.63, 3.8) is 0 Å². The number of benzene rings is 2. The molecule has 0 aliphatic carbocycles. The zero-order valence-electron chi connectivity index (χ0n) is 17.6. The minimum atomic E-state index is -0.717. The fourth-order valence-corrected chi connectivity index (χ4v) is 5.03. The number of carbonyl (C=O) groups excluding carboxylic acids is 1. The van der Waals surface area contributed by atoms with E-state index in [0.29, 0.717) is 21.9 Å². The molecule has 1 atom stereocenters. The molecule has 168 valence electrons. The standard InChI is InChI=1S/C23H19F2N5O2S/c1-13-4-2-5-14(8-13)30-21-17(11-27-30)22(32)29-15(12-33-23(29)28-21)9-20(31)26-10-16-18(24)6-3-7-19(16)25/h2-8,11,15H,9-10,12H2,1H3,(H,26,31). The fraction of sp³-hybridized carbons (Fsp3) is 0.217. The Labute approximate surface area is 191 Å². The number of aryl methyl sites for hydroxylation is 1. The average molecular weight is 468 g/mol. The number of rotatable bonds is 5. The summed E-state index contributed by atoms with van der Waals surface area (Å²) >= 11 is 1.39. The molecule has 1 aliphatic heterocycles. The van der Waals surface area contributed by atoms with Gasteiger partial charge < -0.3 is 5.32 Å². The summed E-state index contributed by atoms with van der Waals surface area (Å²) in [5, 5.41) is 7.78. The average Bonchev–Trinajstić information content (AvgIpc) is 3.38. The van der Waals surface area contributed by atoms with Crippen LogP contribution in [0.5, 0.6) is 0 Å². The van der Waals surface area contributed by atoms with Crippen LogP contribution in [0.15, 0.2) is 58.6 Å². The Morgan fingerprint density at radius 3 is 2.73 bits per heavy atom. The van der Waals surface area contributed by atoms with Crippen LogP contribution in [0.25, 0.3) is 16.7 Å². The van der Waals surface area contributed by atoms with Crippen LogP contribution in [0, 0.1) is 18.6 Å².